The Kier molecular flexibility index (Phi) is 3.72. The van der Waals surface area contributed by atoms with E-state index in [1.807, 2.05) is 24.0 Å². The van der Waals surface area contributed by atoms with E-state index in [1.54, 1.807) is 0 Å². The molecular weight excluding hydrogens is 262 g/mol. The monoisotopic (exact) mass is 285 g/mol. The highest BCUT2D eigenvalue weighted by Gasteiger charge is 2.31. The van der Waals surface area contributed by atoms with E-state index < -0.39 is 5.60 Å². The molecule has 1 fully saturated rings. The van der Waals surface area contributed by atoms with Gasteiger partial charge >= 0.3 is 0 Å². The average molecular weight is 285 g/mol. The maximum atomic E-state index is 10.4. The number of anilines is 1. The van der Waals surface area contributed by atoms with E-state index in [1.165, 1.54) is 11.3 Å². The summed E-state index contributed by atoms with van der Waals surface area (Å²) >= 11 is 0. The van der Waals surface area contributed by atoms with Crippen molar-refractivity contribution >= 4 is 5.69 Å². The highest BCUT2D eigenvalue weighted by atomic mass is 16.3. The Morgan fingerprint density at radius 2 is 1.86 bits per heavy atom. The summed E-state index contributed by atoms with van der Waals surface area (Å²) in [7, 11) is 1.98. The predicted octanol–water partition coefficient (Wildman–Crippen LogP) is 2.83. The molecule has 1 saturated heterocycles. The van der Waals surface area contributed by atoms with Crippen molar-refractivity contribution in [1.29, 1.82) is 0 Å². The van der Waals surface area contributed by atoms with Crippen LogP contribution in [0.2, 0.25) is 0 Å². The summed E-state index contributed by atoms with van der Waals surface area (Å²) in [5.74, 6) is 0. The minimum absolute atomic E-state index is 0.481. The molecule has 2 aromatic rings. The van der Waals surface area contributed by atoms with Crippen LogP contribution in [0.15, 0.2) is 36.5 Å². The maximum Gasteiger partial charge on any atom is 0.0912 e. The SMILES string of the molecule is CCC1(O)CCN(c2cnn(C)c2-c2ccccc2)CC1. The zero-order valence-corrected chi connectivity index (χ0v) is 12.8. The van der Waals surface area contributed by atoms with E-state index in [0.29, 0.717) is 0 Å². The van der Waals surface area contributed by atoms with Gasteiger partial charge in [0, 0.05) is 25.7 Å². The van der Waals surface area contributed by atoms with E-state index in [4.69, 9.17) is 0 Å². The smallest absolute Gasteiger partial charge is 0.0912 e. The number of aliphatic hydroxyl groups is 1. The lowest BCUT2D eigenvalue weighted by molar-refractivity contribution is 0.0126. The summed E-state index contributed by atoms with van der Waals surface area (Å²) in [5, 5.41) is 14.8. The molecule has 0 unspecified atom stereocenters. The van der Waals surface area contributed by atoms with Crippen LogP contribution in [0.5, 0.6) is 0 Å². The van der Waals surface area contributed by atoms with Crippen molar-refractivity contribution in [3.05, 3.63) is 36.5 Å². The Morgan fingerprint density at radius 1 is 1.19 bits per heavy atom. The van der Waals surface area contributed by atoms with Gasteiger partial charge < -0.3 is 10.0 Å². The molecule has 0 radical (unpaired) electrons. The number of nitrogens with zero attached hydrogens (tertiary/aromatic N) is 3. The fourth-order valence-corrected chi connectivity index (χ4v) is 3.11. The molecule has 3 rings (SSSR count). The second-order valence-electron chi connectivity index (χ2n) is 5.93. The Morgan fingerprint density at radius 3 is 2.48 bits per heavy atom. The highest BCUT2D eigenvalue weighted by Crippen LogP contribution is 2.34. The van der Waals surface area contributed by atoms with E-state index >= 15 is 0 Å². The zero-order valence-electron chi connectivity index (χ0n) is 12.8. The van der Waals surface area contributed by atoms with Gasteiger partial charge in [0.25, 0.3) is 0 Å². The van der Waals surface area contributed by atoms with Crippen molar-refractivity contribution in [1.82, 2.24) is 9.78 Å². The molecule has 2 heterocycles. The van der Waals surface area contributed by atoms with Gasteiger partial charge in [0.05, 0.1) is 23.2 Å². The average Bonchev–Trinajstić information content (AvgIpc) is 2.91. The summed E-state index contributed by atoms with van der Waals surface area (Å²) < 4.78 is 1.94. The van der Waals surface area contributed by atoms with Crippen molar-refractivity contribution < 1.29 is 5.11 Å². The Balaban J connectivity index is 1.88. The van der Waals surface area contributed by atoms with Crippen LogP contribution in [0.1, 0.15) is 26.2 Å². The lowest BCUT2D eigenvalue weighted by atomic mass is 9.89. The Labute approximate surface area is 126 Å². The van der Waals surface area contributed by atoms with Crippen LogP contribution in [0.25, 0.3) is 11.3 Å². The first-order valence-corrected chi connectivity index (χ1v) is 7.68. The fraction of sp³-hybridized carbons (Fsp3) is 0.471. The number of piperidine rings is 1. The predicted molar refractivity (Wildman–Crippen MR) is 85.3 cm³/mol. The van der Waals surface area contributed by atoms with Crippen LogP contribution in [0, 0.1) is 0 Å². The Hall–Kier alpha value is -1.81. The first-order chi connectivity index (χ1) is 10.1. The minimum atomic E-state index is -0.481. The van der Waals surface area contributed by atoms with Crippen LogP contribution < -0.4 is 4.90 Å². The molecule has 0 bridgehead atoms. The molecule has 21 heavy (non-hydrogen) atoms. The number of aromatic nitrogens is 2. The molecule has 4 nitrogen and oxygen atoms in total. The Bertz CT molecular complexity index is 598. The van der Waals surface area contributed by atoms with Crippen molar-refractivity contribution in [2.45, 2.75) is 31.8 Å². The third-order valence-corrected chi connectivity index (χ3v) is 4.66. The summed E-state index contributed by atoms with van der Waals surface area (Å²) in [4.78, 5) is 2.35. The van der Waals surface area contributed by atoms with Crippen molar-refractivity contribution in [3.63, 3.8) is 0 Å². The van der Waals surface area contributed by atoms with E-state index in [9.17, 15) is 5.11 Å². The lowest BCUT2D eigenvalue weighted by Gasteiger charge is -2.38. The highest BCUT2D eigenvalue weighted by molar-refractivity contribution is 5.75. The topological polar surface area (TPSA) is 41.3 Å². The van der Waals surface area contributed by atoms with Crippen molar-refractivity contribution in [3.8, 4) is 11.3 Å². The van der Waals surface area contributed by atoms with Crippen LogP contribution in [0.4, 0.5) is 5.69 Å². The second-order valence-corrected chi connectivity index (χ2v) is 5.93. The third-order valence-electron chi connectivity index (χ3n) is 4.66. The molecule has 4 heteroatoms. The molecule has 0 aliphatic carbocycles. The first kappa shape index (κ1) is 14.1. The van der Waals surface area contributed by atoms with Gasteiger partial charge in [-0.25, -0.2) is 0 Å². The summed E-state index contributed by atoms with van der Waals surface area (Å²) in [6.07, 6.45) is 4.43. The summed E-state index contributed by atoms with van der Waals surface area (Å²) in [6.45, 7) is 3.83. The number of hydrogen-bond acceptors (Lipinski definition) is 3. The molecule has 0 spiro atoms. The van der Waals surface area contributed by atoms with Gasteiger partial charge in [-0.2, -0.15) is 5.10 Å². The third kappa shape index (κ3) is 2.68. The molecule has 0 saturated carbocycles. The van der Waals surface area contributed by atoms with Crippen LogP contribution >= 0.6 is 0 Å². The van der Waals surface area contributed by atoms with Gasteiger partial charge in [0.1, 0.15) is 0 Å². The second kappa shape index (κ2) is 5.53. The molecule has 0 atom stereocenters. The number of hydrogen-bond donors (Lipinski definition) is 1. The molecule has 1 N–H and O–H groups in total. The van der Waals surface area contributed by atoms with Crippen LogP contribution in [-0.2, 0) is 7.05 Å². The van der Waals surface area contributed by atoms with Gasteiger partial charge in [-0.15, -0.1) is 0 Å². The summed E-state index contributed by atoms with van der Waals surface area (Å²) in [6, 6.07) is 10.4. The molecule has 1 aromatic heterocycles. The normalized spacial score (nSPS) is 18.0. The number of rotatable bonds is 3. The van der Waals surface area contributed by atoms with Crippen LogP contribution in [0.3, 0.4) is 0 Å². The molecule has 1 aliphatic rings. The molecule has 1 aliphatic heterocycles. The summed E-state index contributed by atoms with van der Waals surface area (Å²) in [5.41, 5.74) is 3.02. The maximum absolute atomic E-state index is 10.4. The van der Waals surface area contributed by atoms with Crippen LogP contribution in [-0.4, -0.2) is 33.6 Å². The molecule has 112 valence electrons. The van der Waals surface area contributed by atoms with Crippen molar-refractivity contribution in [2.75, 3.05) is 18.0 Å². The molecule has 0 amide bonds. The van der Waals surface area contributed by atoms with Gasteiger partial charge in [-0.05, 0) is 19.3 Å². The minimum Gasteiger partial charge on any atom is -0.390 e. The van der Waals surface area contributed by atoms with Gasteiger partial charge in [0.15, 0.2) is 0 Å². The standard InChI is InChI=1S/C17H23N3O/c1-3-17(21)9-11-20(12-10-17)15-13-18-19(2)16(15)14-7-5-4-6-8-14/h4-8,13,21H,3,9-12H2,1-2H3. The first-order valence-electron chi connectivity index (χ1n) is 7.68. The van der Waals surface area contributed by atoms with Gasteiger partial charge in [0.2, 0.25) is 0 Å². The number of aryl methyl sites for hydroxylation is 1. The van der Waals surface area contributed by atoms with E-state index in [-0.39, 0.29) is 0 Å². The van der Waals surface area contributed by atoms with Gasteiger partial charge in [-0.1, -0.05) is 37.3 Å². The van der Waals surface area contributed by atoms with E-state index in [2.05, 4.69) is 41.2 Å². The largest absolute Gasteiger partial charge is 0.390 e. The van der Waals surface area contributed by atoms with Gasteiger partial charge in [-0.3, -0.25) is 4.68 Å². The quantitative estimate of drug-likeness (QED) is 0.943. The lowest BCUT2D eigenvalue weighted by Crippen LogP contribution is -2.44. The number of benzene rings is 1. The molecular formula is C17H23N3O. The van der Waals surface area contributed by atoms with Crippen molar-refractivity contribution in [2.24, 2.45) is 7.05 Å². The fourth-order valence-electron chi connectivity index (χ4n) is 3.11. The molecule has 1 aromatic carbocycles. The van der Waals surface area contributed by atoms with E-state index in [0.717, 1.165) is 38.0 Å². The zero-order chi connectivity index (χ0) is 14.9.